The lowest BCUT2D eigenvalue weighted by atomic mass is 9.81. The largest absolute Gasteiger partial charge is 0.395 e. The first-order valence-electron chi connectivity index (χ1n) is 5.10. The number of aliphatic hydroxyl groups is 1. The van der Waals surface area contributed by atoms with Crippen molar-refractivity contribution in [3.8, 4) is 0 Å². The summed E-state index contributed by atoms with van der Waals surface area (Å²) in [5.74, 6) is 0. The fourth-order valence-corrected chi connectivity index (χ4v) is 1.64. The maximum atomic E-state index is 8.88. The van der Waals surface area contributed by atoms with Crippen molar-refractivity contribution >= 4 is 0 Å². The van der Waals surface area contributed by atoms with E-state index in [0.717, 1.165) is 0 Å². The number of hydrogen-bond acceptors (Lipinski definition) is 2. The Bertz CT molecular complexity index is 187. The van der Waals surface area contributed by atoms with Crippen LogP contribution in [0.2, 0.25) is 0 Å². The van der Waals surface area contributed by atoms with Crippen molar-refractivity contribution < 1.29 is 5.11 Å². The molecule has 0 aliphatic heterocycles. The Morgan fingerprint density at radius 3 is 2.77 bits per heavy atom. The molecule has 2 N–H and O–H groups in total. The van der Waals surface area contributed by atoms with Crippen molar-refractivity contribution in [1.29, 1.82) is 0 Å². The van der Waals surface area contributed by atoms with Gasteiger partial charge in [0.2, 0.25) is 0 Å². The first-order valence-corrected chi connectivity index (χ1v) is 5.10. The molecule has 0 saturated carbocycles. The van der Waals surface area contributed by atoms with E-state index in [2.05, 4.69) is 31.3 Å². The molecule has 0 aromatic heterocycles. The van der Waals surface area contributed by atoms with Crippen LogP contribution >= 0.6 is 0 Å². The normalized spacial score (nSPS) is 28.8. The average Bonchev–Trinajstić information content (AvgIpc) is 2.08. The average molecular weight is 183 g/mol. The zero-order valence-corrected chi connectivity index (χ0v) is 8.88. The molecule has 2 atom stereocenters. The molecule has 0 radical (unpaired) electrons. The topological polar surface area (TPSA) is 32.3 Å². The molecule has 1 unspecified atom stereocenters. The second-order valence-electron chi connectivity index (χ2n) is 4.74. The summed E-state index contributed by atoms with van der Waals surface area (Å²) in [4.78, 5) is 0. The minimum absolute atomic E-state index is 0.205. The Balaban J connectivity index is 2.40. The van der Waals surface area contributed by atoms with Crippen LogP contribution < -0.4 is 5.32 Å². The maximum absolute atomic E-state index is 8.88. The van der Waals surface area contributed by atoms with E-state index in [1.165, 1.54) is 12.8 Å². The van der Waals surface area contributed by atoms with Crippen LogP contribution in [0.3, 0.4) is 0 Å². The Labute approximate surface area is 81.0 Å². The zero-order chi connectivity index (χ0) is 9.90. The van der Waals surface area contributed by atoms with Crippen LogP contribution in [-0.4, -0.2) is 23.8 Å². The molecule has 0 saturated heterocycles. The van der Waals surface area contributed by atoms with Gasteiger partial charge in [0.1, 0.15) is 0 Å². The fourth-order valence-electron chi connectivity index (χ4n) is 1.64. The molecule has 0 heterocycles. The number of hydrogen-bond donors (Lipinski definition) is 2. The Morgan fingerprint density at radius 1 is 1.62 bits per heavy atom. The quantitative estimate of drug-likeness (QED) is 0.653. The molecule has 0 spiro atoms. The van der Waals surface area contributed by atoms with E-state index in [0.29, 0.717) is 11.5 Å². The van der Waals surface area contributed by atoms with Gasteiger partial charge in [-0.2, -0.15) is 0 Å². The van der Waals surface area contributed by atoms with Crippen LogP contribution in [0.25, 0.3) is 0 Å². The number of rotatable bonds is 3. The van der Waals surface area contributed by atoms with Gasteiger partial charge in [0.25, 0.3) is 0 Å². The summed E-state index contributed by atoms with van der Waals surface area (Å²) >= 11 is 0. The molecule has 1 aliphatic carbocycles. The van der Waals surface area contributed by atoms with Crippen LogP contribution in [-0.2, 0) is 0 Å². The Morgan fingerprint density at radius 2 is 2.31 bits per heavy atom. The maximum Gasteiger partial charge on any atom is 0.0582 e. The van der Waals surface area contributed by atoms with Crippen molar-refractivity contribution in [2.24, 2.45) is 5.41 Å². The highest BCUT2D eigenvalue weighted by atomic mass is 16.3. The van der Waals surface area contributed by atoms with E-state index in [1.807, 2.05) is 6.92 Å². The Hall–Kier alpha value is -0.340. The standard InChI is InChI=1S/C11H21NO/c1-9(8-13)12-10-4-6-11(2,3)7-5-10/h4,6,9-10,12-13H,5,7-8H2,1-3H3/t9-,10?/m1/s1. The van der Waals surface area contributed by atoms with Gasteiger partial charge in [-0.15, -0.1) is 0 Å². The molecule has 0 amide bonds. The van der Waals surface area contributed by atoms with E-state index in [-0.39, 0.29) is 12.6 Å². The van der Waals surface area contributed by atoms with Gasteiger partial charge in [-0.25, -0.2) is 0 Å². The van der Waals surface area contributed by atoms with Gasteiger partial charge >= 0.3 is 0 Å². The van der Waals surface area contributed by atoms with Crippen LogP contribution in [0.15, 0.2) is 12.2 Å². The summed E-state index contributed by atoms with van der Waals surface area (Å²) in [5.41, 5.74) is 0.362. The lowest BCUT2D eigenvalue weighted by Gasteiger charge is -2.30. The second kappa shape index (κ2) is 4.25. The molecular formula is C11H21NO. The third kappa shape index (κ3) is 3.49. The highest BCUT2D eigenvalue weighted by Crippen LogP contribution is 2.29. The molecule has 0 fully saturated rings. The highest BCUT2D eigenvalue weighted by molar-refractivity contribution is 5.06. The molecule has 0 aromatic carbocycles. The van der Waals surface area contributed by atoms with Gasteiger partial charge < -0.3 is 10.4 Å². The summed E-state index contributed by atoms with van der Waals surface area (Å²) < 4.78 is 0. The number of allylic oxidation sites excluding steroid dienone is 1. The first kappa shape index (κ1) is 10.7. The van der Waals surface area contributed by atoms with Gasteiger partial charge in [-0.1, -0.05) is 26.0 Å². The van der Waals surface area contributed by atoms with E-state index in [4.69, 9.17) is 5.11 Å². The number of nitrogens with one attached hydrogen (secondary N) is 1. The molecule has 13 heavy (non-hydrogen) atoms. The van der Waals surface area contributed by atoms with Gasteiger partial charge in [-0.3, -0.25) is 0 Å². The summed E-state index contributed by atoms with van der Waals surface area (Å²) in [6.07, 6.45) is 6.90. The lowest BCUT2D eigenvalue weighted by molar-refractivity contribution is 0.238. The van der Waals surface area contributed by atoms with Crippen LogP contribution in [0.4, 0.5) is 0 Å². The third-order valence-electron chi connectivity index (χ3n) is 2.65. The van der Waals surface area contributed by atoms with E-state index < -0.39 is 0 Å². The van der Waals surface area contributed by atoms with Crippen LogP contribution in [0.1, 0.15) is 33.6 Å². The monoisotopic (exact) mass is 183 g/mol. The van der Waals surface area contributed by atoms with Gasteiger partial charge in [-0.05, 0) is 25.2 Å². The van der Waals surface area contributed by atoms with Crippen molar-refractivity contribution in [3.05, 3.63) is 12.2 Å². The Kier molecular flexibility index (Phi) is 3.51. The molecule has 0 aromatic rings. The molecule has 76 valence electrons. The number of aliphatic hydroxyl groups excluding tert-OH is 1. The highest BCUT2D eigenvalue weighted by Gasteiger charge is 2.21. The van der Waals surface area contributed by atoms with Crippen molar-refractivity contribution in [3.63, 3.8) is 0 Å². The molecule has 1 rings (SSSR count). The summed E-state index contributed by atoms with van der Waals surface area (Å²) in [7, 11) is 0. The second-order valence-corrected chi connectivity index (χ2v) is 4.74. The molecule has 0 bridgehead atoms. The summed E-state index contributed by atoms with van der Waals surface area (Å²) in [6.45, 7) is 6.74. The van der Waals surface area contributed by atoms with Gasteiger partial charge in [0, 0.05) is 12.1 Å². The molecule has 2 nitrogen and oxygen atoms in total. The molecule has 1 aliphatic rings. The molecule has 2 heteroatoms. The zero-order valence-electron chi connectivity index (χ0n) is 8.88. The van der Waals surface area contributed by atoms with Crippen molar-refractivity contribution in [2.75, 3.05) is 6.61 Å². The fraction of sp³-hybridized carbons (Fsp3) is 0.818. The molecular weight excluding hydrogens is 162 g/mol. The van der Waals surface area contributed by atoms with Crippen molar-refractivity contribution in [1.82, 2.24) is 5.32 Å². The predicted molar refractivity (Wildman–Crippen MR) is 55.6 cm³/mol. The van der Waals surface area contributed by atoms with E-state index in [9.17, 15) is 0 Å². The van der Waals surface area contributed by atoms with E-state index >= 15 is 0 Å². The van der Waals surface area contributed by atoms with Crippen LogP contribution in [0.5, 0.6) is 0 Å². The smallest absolute Gasteiger partial charge is 0.0582 e. The summed E-state index contributed by atoms with van der Waals surface area (Å²) in [6, 6.07) is 0.658. The van der Waals surface area contributed by atoms with Gasteiger partial charge in [0.15, 0.2) is 0 Å². The summed E-state index contributed by atoms with van der Waals surface area (Å²) in [5, 5.41) is 12.3. The minimum atomic E-state index is 0.205. The van der Waals surface area contributed by atoms with E-state index in [1.54, 1.807) is 0 Å². The predicted octanol–water partition coefficient (Wildman–Crippen LogP) is 1.70. The van der Waals surface area contributed by atoms with Crippen LogP contribution in [0, 0.1) is 5.41 Å². The lowest BCUT2D eigenvalue weighted by Crippen LogP contribution is -2.39. The van der Waals surface area contributed by atoms with Gasteiger partial charge in [0.05, 0.1) is 6.61 Å². The van der Waals surface area contributed by atoms with Crippen molar-refractivity contribution in [2.45, 2.75) is 45.7 Å². The minimum Gasteiger partial charge on any atom is -0.395 e. The first-order chi connectivity index (χ1) is 6.03. The third-order valence-corrected chi connectivity index (χ3v) is 2.65. The SMILES string of the molecule is C[C@H](CO)NC1C=CC(C)(C)CC1.